The molecule has 2 aliphatic carbocycles. The SMILES string of the molecule is CCC1C2=C1C2. The molecule has 0 radical (unpaired) electrons. The Morgan fingerprint density at radius 2 is 2.33 bits per heavy atom. The highest BCUT2D eigenvalue weighted by Gasteiger charge is 2.46. The van der Waals surface area contributed by atoms with Crippen LogP contribution in [-0.4, -0.2) is 0 Å². The summed E-state index contributed by atoms with van der Waals surface area (Å²) in [6.07, 6.45) is 2.79. The number of rotatable bonds is 1. The molecule has 0 aromatic carbocycles. The fourth-order valence-corrected chi connectivity index (χ4v) is 1.15. The Bertz CT molecular complexity index is 108. The van der Waals surface area contributed by atoms with Crippen molar-refractivity contribution < 1.29 is 0 Å². The van der Waals surface area contributed by atoms with E-state index in [1.165, 1.54) is 12.8 Å². The molecule has 0 heterocycles. The zero-order chi connectivity index (χ0) is 4.15. The van der Waals surface area contributed by atoms with Crippen molar-refractivity contribution in [3.05, 3.63) is 11.1 Å². The van der Waals surface area contributed by atoms with E-state index in [2.05, 4.69) is 6.92 Å². The van der Waals surface area contributed by atoms with Gasteiger partial charge in [0.1, 0.15) is 0 Å². The molecule has 0 N–H and O–H groups in total. The van der Waals surface area contributed by atoms with Crippen LogP contribution in [0.3, 0.4) is 0 Å². The maximum Gasteiger partial charge on any atom is 0.00168 e. The van der Waals surface area contributed by atoms with Gasteiger partial charge < -0.3 is 0 Å². The summed E-state index contributed by atoms with van der Waals surface area (Å²) >= 11 is 0. The van der Waals surface area contributed by atoms with Crippen molar-refractivity contribution in [3.8, 4) is 0 Å². The molecule has 2 rings (SSSR count). The van der Waals surface area contributed by atoms with Gasteiger partial charge in [-0.1, -0.05) is 18.1 Å². The van der Waals surface area contributed by atoms with Crippen LogP contribution in [-0.2, 0) is 0 Å². The van der Waals surface area contributed by atoms with Crippen LogP contribution in [0.2, 0.25) is 0 Å². The van der Waals surface area contributed by atoms with Crippen LogP contribution in [0.15, 0.2) is 11.1 Å². The number of hydrogen-bond acceptors (Lipinski definition) is 0. The van der Waals surface area contributed by atoms with Crippen LogP contribution in [0, 0.1) is 5.92 Å². The van der Waals surface area contributed by atoms with Crippen LogP contribution < -0.4 is 0 Å². The summed E-state index contributed by atoms with van der Waals surface area (Å²) in [6, 6.07) is 0. The molecule has 32 valence electrons. The quantitative estimate of drug-likeness (QED) is 0.421. The third kappa shape index (κ3) is 0.149. The van der Waals surface area contributed by atoms with Crippen LogP contribution >= 0.6 is 0 Å². The molecule has 0 saturated heterocycles. The van der Waals surface area contributed by atoms with Crippen molar-refractivity contribution in [2.45, 2.75) is 19.8 Å². The normalized spacial score (nSPS) is 27.5. The van der Waals surface area contributed by atoms with E-state index in [1.807, 2.05) is 0 Å². The first kappa shape index (κ1) is 2.84. The summed E-state index contributed by atoms with van der Waals surface area (Å²) in [5, 5.41) is 0. The topological polar surface area (TPSA) is 0 Å². The first-order valence-corrected chi connectivity index (χ1v) is 2.65. The van der Waals surface area contributed by atoms with Gasteiger partial charge in [0.05, 0.1) is 0 Å². The molecule has 0 unspecified atom stereocenters. The second-order valence-corrected chi connectivity index (χ2v) is 2.19. The summed E-state index contributed by atoms with van der Waals surface area (Å²) in [7, 11) is 0. The van der Waals surface area contributed by atoms with Crippen LogP contribution in [0.5, 0.6) is 0 Å². The third-order valence-corrected chi connectivity index (χ3v) is 1.83. The van der Waals surface area contributed by atoms with Crippen molar-refractivity contribution >= 4 is 0 Å². The van der Waals surface area contributed by atoms with E-state index in [1.54, 1.807) is 11.1 Å². The molecule has 0 atom stereocenters. The Labute approximate surface area is 37.9 Å². The molecule has 0 bridgehead atoms. The molecule has 0 aromatic rings. The van der Waals surface area contributed by atoms with Gasteiger partial charge >= 0.3 is 0 Å². The first-order valence-electron chi connectivity index (χ1n) is 2.65. The molecule has 0 aromatic heterocycles. The lowest BCUT2D eigenvalue weighted by Crippen LogP contribution is -1.85. The number of allylic oxidation sites excluding steroid dienone is 2. The Balaban J connectivity index is 1.98. The van der Waals surface area contributed by atoms with Crippen molar-refractivity contribution in [3.63, 3.8) is 0 Å². The molecular formula is C6H8. The van der Waals surface area contributed by atoms with Gasteiger partial charge in [-0.3, -0.25) is 0 Å². The van der Waals surface area contributed by atoms with Gasteiger partial charge in [-0.15, -0.1) is 0 Å². The third-order valence-electron chi connectivity index (χ3n) is 1.83. The highest BCUT2D eigenvalue weighted by Crippen LogP contribution is 2.61. The maximum atomic E-state index is 2.26. The standard InChI is InChI=1S/C6H8/c1-2-4-5-3-6(4)5/h4H,2-3H2,1H3. The summed E-state index contributed by atoms with van der Waals surface area (Å²) in [4.78, 5) is 0. The Kier molecular flexibility index (Phi) is 0.272. The van der Waals surface area contributed by atoms with Gasteiger partial charge in [-0.2, -0.15) is 0 Å². The second kappa shape index (κ2) is 0.575. The highest BCUT2D eigenvalue weighted by molar-refractivity contribution is 5.59. The van der Waals surface area contributed by atoms with E-state index in [4.69, 9.17) is 0 Å². The van der Waals surface area contributed by atoms with E-state index in [0.717, 1.165) is 5.92 Å². The summed E-state index contributed by atoms with van der Waals surface area (Å²) < 4.78 is 0. The van der Waals surface area contributed by atoms with Crippen molar-refractivity contribution in [2.75, 3.05) is 0 Å². The summed E-state index contributed by atoms with van der Waals surface area (Å²) in [5.41, 5.74) is 3.58. The van der Waals surface area contributed by atoms with Gasteiger partial charge in [0, 0.05) is 5.92 Å². The lowest BCUT2D eigenvalue weighted by molar-refractivity contribution is 0.742. The van der Waals surface area contributed by atoms with Gasteiger partial charge in [0.15, 0.2) is 0 Å². The lowest BCUT2D eigenvalue weighted by Gasteiger charge is -1.97. The minimum absolute atomic E-state index is 1.03. The van der Waals surface area contributed by atoms with E-state index < -0.39 is 0 Å². The fraction of sp³-hybridized carbons (Fsp3) is 0.667. The van der Waals surface area contributed by atoms with E-state index in [0.29, 0.717) is 0 Å². The molecular weight excluding hydrogens is 72.1 g/mol. The van der Waals surface area contributed by atoms with Crippen LogP contribution in [0.25, 0.3) is 0 Å². The monoisotopic (exact) mass is 80.1 g/mol. The average molecular weight is 80.1 g/mol. The zero-order valence-corrected chi connectivity index (χ0v) is 3.99. The van der Waals surface area contributed by atoms with Gasteiger partial charge in [0.25, 0.3) is 0 Å². The van der Waals surface area contributed by atoms with Gasteiger partial charge in [-0.25, -0.2) is 0 Å². The summed E-state index contributed by atoms with van der Waals surface area (Å²) in [5.74, 6) is 1.03. The maximum absolute atomic E-state index is 2.26. The molecule has 0 heteroatoms. The minimum atomic E-state index is 1.03. The predicted octanol–water partition coefficient (Wildman–Crippen LogP) is 1.73. The predicted molar refractivity (Wildman–Crippen MR) is 25.4 cm³/mol. The lowest BCUT2D eigenvalue weighted by atomic mass is 10.1. The molecule has 0 nitrogen and oxygen atoms in total. The first-order chi connectivity index (χ1) is 2.93. The molecule has 2 aliphatic rings. The second-order valence-electron chi connectivity index (χ2n) is 2.19. The molecule has 6 heavy (non-hydrogen) atoms. The van der Waals surface area contributed by atoms with Crippen LogP contribution in [0.4, 0.5) is 0 Å². The highest BCUT2D eigenvalue weighted by atomic mass is 14.5. The minimum Gasteiger partial charge on any atom is -0.0645 e. The van der Waals surface area contributed by atoms with Crippen molar-refractivity contribution in [1.29, 1.82) is 0 Å². The Hall–Kier alpha value is -0.260. The smallest absolute Gasteiger partial charge is 0.00168 e. The largest absolute Gasteiger partial charge is 0.0645 e. The summed E-state index contributed by atoms with van der Waals surface area (Å²) in [6.45, 7) is 2.26. The Morgan fingerprint density at radius 1 is 1.67 bits per heavy atom. The molecule has 0 spiro atoms. The van der Waals surface area contributed by atoms with E-state index >= 15 is 0 Å². The van der Waals surface area contributed by atoms with E-state index in [-0.39, 0.29) is 0 Å². The number of hydrogen-bond donors (Lipinski definition) is 0. The molecule has 0 saturated carbocycles. The van der Waals surface area contributed by atoms with Gasteiger partial charge in [0.2, 0.25) is 0 Å². The van der Waals surface area contributed by atoms with E-state index in [9.17, 15) is 0 Å². The average Bonchev–Trinajstić information content (AvgIpc) is 2.12. The van der Waals surface area contributed by atoms with Crippen molar-refractivity contribution in [2.24, 2.45) is 5.92 Å². The van der Waals surface area contributed by atoms with Crippen molar-refractivity contribution in [1.82, 2.24) is 0 Å². The zero-order valence-electron chi connectivity index (χ0n) is 3.99. The Morgan fingerprint density at radius 3 is 2.33 bits per heavy atom. The van der Waals surface area contributed by atoms with Crippen LogP contribution in [0.1, 0.15) is 19.8 Å². The molecule has 0 fully saturated rings. The molecule has 0 aliphatic heterocycles. The molecule has 0 amide bonds. The van der Waals surface area contributed by atoms with Gasteiger partial charge in [-0.05, 0) is 12.8 Å². The fourth-order valence-electron chi connectivity index (χ4n) is 1.15.